The lowest BCUT2D eigenvalue weighted by atomic mass is 9.84. The molecule has 0 saturated carbocycles. The largest absolute Gasteiger partial charge is 0.0616 e. The molecule has 0 heterocycles. The first-order valence-corrected chi connectivity index (χ1v) is 25.7. The zero-order valence-electron chi connectivity index (χ0n) is 40.6. The van der Waals surface area contributed by atoms with Crippen LogP contribution in [0.1, 0.15) is 0 Å². The lowest BCUT2D eigenvalue weighted by molar-refractivity contribution is 1.62. The van der Waals surface area contributed by atoms with Crippen LogP contribution in [0.3, 0.4) is 0 Å². The van der Waals surface area contributed by atoms with Crippen LogP contribution in [0.15, 0.2) is 279 Å². The summed E-state index contributed by atoms with van der Waals surface area (Å²) < 4.78 is 0. The van der Waals surface area contributed by atoms with Crippen molar-refractivity contribution in [1.29, 1.82) is 0 Å². The fourth-order valence-electron chi connectivity index (χ4n) is 12.5. The molecule has 0 radical (unpaired) electrons. The number of hydrogen-bond donors (Lipinski definition) is 0. The van der Waals surface area contributed by atoms with Crippen molar-refractivity contribution in [3.05, 3.63) is 279 Å². The Morgan fingerprint density at radius 3 is 0.986 bits per heavy atom. The van der Waals surface area contributed by atoms with E-state index in [0.29, 0.717) is 0 Å². The van der Waals surface area contributed by atoms with Crippen LogP contribution >= 0.6 is 0 Å². The molecule has 0 amide bonds. The summed E-state index contributed by atoms with van der Waals surface area (Å²) in [5, 5.41) is 20.0. The molecule has 15 rings (SSSR count). The second-order valence-corrected chi connectivity index (χ2v) is 19.8. The molecule has 0 fully saturated rings. The van der Waals surface area contributed by atoms with Gasteiger partial charge in [-0.25, -0.2) is 0 Å². The predicted octanol–water partition coefficient (Wildman–Crippen LogP) is 20.9. The Labute approximate surface area is 429 Å². The normalized spacial score (nSPS) is 11.8. The van der Waals surface area contributed by atoms with Gasteiger partial charge in [-0.2, -0.15) is 0 Å². The van der Waals surface area contributed by atoms with Crippen LogP contribution in [0.25, 0.3) is 153 Å². The van der Waals surface area contributed by atoms with Crippen LogP contribution in [-0.4, -0.2) is 0 Å². The van der Waals surface area contributed by atoms with Crippen LogP contribution < -0.4 is 0 Å². The molecule has 0 nitrogen and oxygen atoms in total. The first-order chi connectivity index (χ1) is 36.7. The van der Waals surface area contributed by atoms with Gasteiger partial charge in [0.05, 0.1) is 0 Å². The fourth-order valence-corrected chi connectivity index (χ4v) is 12.5. The van der Waals surface area contributed by atoms with Crippen LogP contribution in [-0.2, 0) is 0 Å². The van der Waals surface area contributed by atoms with Gasteiger partial charge in [-0.15, -0.1) is 0 Å². The van der Waals surface area contributed by atoms with Gasteiger partial charge in [0.2, 0.25) is 0 Å². The molecule has 0 aliphatic carbocycles. The van der Waals surface area contributed by atoms with Crippen LogP contribution in [0.2, 0.25) is 0 Å². The highest BCUT2D eigenvalue weighted by atomic mass is 14.2. The van der Waals surface area contributed by atoms with Crippen molar-refractivity contribution >= 4 is 86.2 Å². The Kier molecular flexibility index (Phi) is 9.68. The van der Waals surface area contributed by atoms with Gasteiger partial charge in [-0.3, -0.25) is 0 Å². The van der Waals surface area contributed by atoms with Crippen molar-refractivity contribution < 1.29 is 0 Å². The molecule has 0 heteroatoms. The summed E-state index contributed by atoms with van der Waals surface area (Å²) in [5.41, 5.74) is 14.9. The van der Waals surface area contributed by atoms with Gasteiger partial charge in [0.1, 0.15) is 0 Å². The molecule has 0 N–H and O–H groups in total. The maximum absolute atomic E-state index is 2.42. The van der Waals surface area contributed by atoms with E-state index in [0.717, 1.165) is 0 Å². The summed E-state index contributed by atoms with van der Waals surface area (Å²) in [7, 11) is 0. The average molecular weight is 935 g/mol. The molecule has 0 aromatic heterocycles. The van der Waals surface area contributed by atoms with Gasteiger partial charge < -0.3 is 0 Å². The lowest BCUT2D eigenvalue weighted by Crippen LogP contribution is -1.92. The van der Waals surface area contributed by atoms with Crippen molar-refractivity contribution in [1.82, 2.24) is 0 Å². The minimum atomic E-state index is 1.19. The monoisotopic (exact) mass is 934 g/mol. The molecule has 15 aromatic carbocycles. The Bertz CT molecular complexity index is 4660. The Balaban J connectivity index is 0.874. The molecule has 74 heavy (non-hydrogen) atoms. The maximum atomic E-state index is 2.42. The third-order valence-corrected chi connectivity index (χ3v) is 15.8. The molecule has 0 aliphatic rings. The number of rotatable bonds is 6. The van der Waals surface area contributed by atoms with Gasteiger partial charge in [0.25, 0.3) is 0 Å². The van der Waals surface area contributed by atoms with Crippen molar-refractivity contribution in [3.63, 3.8) is 0 Å². The first-order valence-electron chi connectivity index (χ1n) is 25.7. The zero-order chi connectivity index (χ0) is 48.7. The topological polar surface area (TPSA) is 0 Å². The highest BCUT2D eigenvalue weighted by Gasteiger charge is 2.21. The van der Waals surface area contributed by atoms with E-state index in [4.69, 9.17) is 0 Å². The fraction of sp³-hybridized carbons (Fsp3) is 0. The molecular weight excluding hydrogens is 889 g/mol. The van der Waals surface area contributed by atoms with E-state index in [1.54, 1.807) is 0 Å². The quantitative estimate of drug-likeness (QED) is 0.146. The van der Waals surface area contributed by atoms with E-state index in [2.05, 4.69) is 279 Å². The van der Waals surface area contributed by atoms with Crippen LogP contribution in [0.4, 0.5) is 0 Å². The van der Waals surface area contributed by atoms with Gasteiger partial charge in [-0.1, -0.05) is 255 Å². The van der Waals surface area contributed by atoms with E-state index >= 15 is 0 Å². The summed E-state index contributed by atoms with van der Waals surface area (Å²) in [6.45, 7) is 0. The number of fused-ring (bicyclic) bond motifs is 8. The molecule has 342 valence electrons. The summed E-state index contributed by atoms with van der Waals surface area (Å²) in [6, 6.07) is 104. The molecule has 0 bridgehead atoms. The van der Waals surface area contributed by atoms with E-state index < -0.39 is 0 Å². The smallest absolute Gasteiger partial charge is 0.00201 e. The predicted molar refractivity (Wildman–Crippen MR) is 319 cm³/mol. The first kappa shape index (κ1) is 42.1. The molecule has 0 atom stereocenters. The summed E-state index contributed by atoms with van der Waals surface area (Å²) in [6.07, 6.45) is 0. The minimum Gasteiger partial charge on any atom is -0.0616 e. The van der Waals surface area contributed by atoms with E-state index in [1.807, 2.05) is 0 Å². The molecule has 0 spiro atoms. The number of hydrogen-bond acceptors (Lipinski definition) is 0. The summed E-state index contributed by atoms with van der Waals surface area (Å²) in [5.74, 6) is 0. The van der Waals surface area contributed by atoms with Gasteiger partial charge in [0.15, 0.2) is 0 Å². The van der Waals surface area contributed by atoms with Gasteiger partial charge in [0, 0.05) is 0 Å². The lowest BCUT2D eigenvalue weighted by Gasteiger charge is -2.19. The molecule has 0 saturated heterocycles. The summed E-state index contributed by atoms with van der Waals surface area (Å²) in [4.78, 5) is 0. The van der Waals surface area contributed by atoms with Crippen molar-refractivity contribution in [2.24, 2.45) is 0 Å². The van der Waals surface area contributed by atoms with E-state index in [9.17, 15) is 0 Å². The highest BCUT2D eigenvalue weighted by molar-refractivity contribution is 6.25. The molecule has 0 unspecified atom stereocenters. The van der Waals surface area contributed by atoms with Crippen LogP contribution in [0.5, 0.6) is 0 Å². The van der Waals surface area contributed by atoms with E-state index in [-0.39, 0.29) is 0 Å². The Morgan fingerprint density at radius 2 is 0.459 bits per heavy atom. The van der Waals surface area contributed by atoms with Crippen molar-refractivity contribution in [2.45, 2.75) is 0 Å². The Morgan fingerprint density at radius 1 is 0.135 bits per heavy atom. The van der Waals surface area contributed by atoms with Crippen molar-refractivity contribution in [3.8, 4) is 66.8 Å². The second-order valence-electron chi connectivity index (χ2n) is 19.8. The van der Waals surface area contributed by atoms with Gasteiger partial charge in [-0.05, 0) is 177 Å². The highest BCUT2D eigenvalue weighted by Crippen LogP contribution is 2.48. The zero-order valence-corrected chi connectivity index (χ0v) is 40.6. The second kappa shape index (κ2) is 17.0. The molecule has 15 aromatic rings. The third kappa shape index (κ3) is 6.69. The van der Waals surface area contributed by atoms with E-state index in [1.165, 1.54) is 153 Å². The average Bonchev–Trinajstić information content (AvgIpc) is 3.48. The standard InChI is InChI=1S/C74H46/c1-2-19-51-43-56(42-37-47(51)17-1)72-62-28-7-11-32-66(62)74(67-33-12-8-29-63(67)72)68-36-16-22-50-39-41-53(46-70(50)68)52-40-38-49-21-14-34-58(69(49)45-52)54-23-13-24-55(44-54)71-60-26-5-9-30-64(60)73(65-31-10-6-27-61(65)71)59-35-15-20-48-18-3-4-25-57(48)59/h1-46H. The van der Waals surface area contributed by atoms with Crippen molar-refractivity contribution in [2.75, 3.05) is 0 Å². The third-order valence-electron chi connectivity index (χ3n) is 15.8. The van der Waals surface area contributed by atoms with Crippen LogP contribution in [0, 0.1) is 0 Å². The molecule has 0 aliphatic heterocycles. The number of benzene rings is 15. The summed E-state index contributed by atoms with van der Waals surface area (Å²) >= 11 is 0. The SMILES string of the molecule is c1cc(-c2cccc3ccc(-c4ccc5cccc(-c6c7ccccc7c(-c7ccc8ccccc8c7)c7ccccc67)c5c4)cc23)cc(-c2c3ccccc3c(-c3cccc4ccccc34)c3ccccc23)c1. The van der Waals surface area contributed by atoms with Gasteiger partial charge >= 0.3 is 0 Å². The Hall–Kier alpha value is -9.62. The minimum absolute atomic E-state index is 1.19. The molecular formula is C74H46. The maximum Gasteiger partial charge on any atom is -0.00201 e.